The first-order valence-corrected chi connectivity index (χ1v) is 6.96. The van der Waals surface area contributed by atoms with Crippen molar-refractivity contribution in [3.05, 3.63) is 34.9 Å². The van der Waals surface area contributed by atoms with Crippen molar-refractivity contribution in [1.82, 2.24) is 4.98 Å². The number of pyridine rings is 1. The van der Waals surface area contributed by atoms with E-state index in [4.69, 9.17) is 5.11 Å². The largest absolute Gasteiger partial charge is 0.396 e. The van der Waals surface area contributed by atoms with Crippen molar-refractivity contribution in [2.75, 3.05) is 24.6 Å². The van der Waals surface area contributed by atoms with Crippen LogP contribution in [0.4, 0.5) is 5.82 Å². The lowest BCUT2D eigenvalue weighted by molar-refractivity contribution is 0.289. The number of fused-ring (bicyclic) bond motifs is 1. The second-order valence-corrected chi connectivity index (χ2v) is 4.98. The topological polar surface area (TPSA) is 36.4 Å². The maximum absolute atomic E-state index is 8.96. The SMILES string of the molecule is CCN(CCCO)c1nccc2c(Br)cccc12. The van der Waals surface area contributed by atoms with E-state index in [0.29, 0.717) is 0 Å². The molecule has 96 valence electrons. The zero-order chi connectivity index (χ0) is 13.0. The summed E-state index contributed by atoms with van der Waals surface area (Å²) >= 11 is 3.57. The van der Waals surface area contributed by atoms with Crippen molar-refractivity contribution in [3.8, 4) is 0 Å². The van der Waals surface area contributed by atoms with Gasteiger partial charge in [-0.1, -0.05) is 28.1 Å². The van der Waals surface area contributed by atoms with Gasteiger partial charge in [0.05, 0.1) is 0 Å². The number of aliphatic hydroxyl groups excluding tert-OH is 1. The summed E-state index contributed by atoms with van der Waals surface area (Å²) in [6.45, 7) is 4.03. The molecule has 0 saturated carbocycles. The fourth-order valence-corrected chi connectivity index (χ4v) is 2.58. The van der Waals surface area contributed by atoms with Crippen molar-refractivity contribution in [1.29, 1.82) is 0 Å². The van der Waals surface area contributed by atoms with Gasteiger partial charge in [0.25, 0.3) is 0 Å². The molecule has 0 aliphatic heterocycles. The number of hydrogen-bond acceptors (Lipinski definition) is 3. The highest BCUT2D eigenvalue weighted by atomic mass is 79.9. The van der Waals surface area contributed by atoms with Crippen LogP contribution in [-0.2, 0) is 0 Å². The highest BCUT2D eigenvalue weighted by molar-refractivity contribution is 9.10. The summed E-state index contributed by atoms with van der Waals surface area (Å²) in [6, 6.07) is 8.17. The van der Waals surface area contributed by atoms with Gasteiger partial charge in [0.1, 0.15) is 5.82 Å². The van der Waals surface area contributed by atoms with Crippen LogP contribution in [0.5, 0.6) is 0 Å². The monoisotopic (exact) mass is 308 g/mol. The lowest BCUT2D eigenvalue weighted by Gasteiger charge is -2.23. The zero-order valence-electron chi connectivity index (χ0n) is 10.4. The van der Waals surface area contributed by atoms with Crippen molar-refractivity contribution in [2.45, 2.75) is 13.3 Å². The minimum atomic E-state index is 0.213. The summed E-state index contributed by atoms with van der Waals surface area (Å²) < 4.78 is 1.09. The molecule has 0 aliphatic rings. The Labute approximate surface area is 116 Å². The van der Waals surface area contributed by atoms with Crippen LogP contribution in [0.3, 0.4) is 0 Å². The van der Waals surface area contributed by atoms with E-state index in [-0.39, 0.29) is 6.61 Å². The molecule has 1 aromatic heterocycles. The molecule has 0 spiro atoms. The van der Waals surface area contributed by atoms with Crippen molar-refractivity contribution >= 4 is 32.5 Å². The van der Waals surface area contributed by atoms with Gasteiger partial charge < -0.3 is 10.0 Å². The average Bonchev–Trinajstić information content (AvgIpc) is 2.40. The van der Waals surface area contributed by atoms with E-state index in [0.717, 1.165) is 35.2 Å². The van der Waals surface area contributed by atoms with E-state index < -0.39 is 0 Å². The summed E-state index contributed by atoms with van der Waals surface area (Å²) in [4.78, 5) is 6.69. The maximum atomic E-state index is 8.96. The molecule has 0 aliphatic carbocycles. The summed E-state index contributed by atoms with van der Waals surface area (Å²) in [5, 5.41) is 11.3. The maximum Gasteiger partial charge on any atom is 0.136 e. The number of aromatic nitrogens is 1. The predicted octanol–water partition coefficient (Wildman–Crippen LogP) is 3.21. The Balaban J connectivity index is 2.46. The molecule has 4 heteroatoms. The molecule has 0 radical (unpaired) electrons. The first kappa shape index (κ1) is 13.3. The van der Waals surface area contributed by atoms with Gasteiger partial charge in [-0.25, -0.2) is 4.98 Å². The first-order valence-electron chi connectivity index (χ1n) is 6.17. The van der Waals surface area contributed by atoms with E-state index in [2.05, 4.69) is 38.8 Å². The fourth-order valence-electron chi connectivity index (χ4n) is 2.08. The van der Waals surface area contributed by atoms with Crippen LogP contribution in [0.25, 0.3) is 10.8 Å². The van der Waals surface area contributed by atoms with Crippen LogP contribution in [0.15, 0.2) is 34.9 Å². The average molecular weight is 309 g/mol. The number of benzene rings is 1. The van der Waals surface area contributed by atoms with Crippen molar-refractivity contribution in [3.63, 3.8) is 0 Å². The number of hydrogen-bond donors (Lipinski definition) is 1. The van der Waals surface area contributed by atoms with Gasteiger partial charge in [0, 0.05) is 41.1 Å². The molecule has 1 N–H and O–H groups in total. The Bertz CT molecular complexity index is 530. The Morgan fingerprint density at radius 2 is 2.11 bits per heavy atom. The molecule has 0 saturated heterocycles. The number of aliphatic hydroxyl groups is 1. The molecule has 2 aromatic rings. The lowest BCUT2D eigenvalue weighted by Crippen LogP contribution is -2.25. The predicted molar refractivity (Wildman–Crippen MR) is 79.0 cm³/mol. The van der Waals surface area contributed by atoms with Gasteiger partial charge in [-0.2, -0.15) is 0 Å². The van der Waals surface area contributed by atoms with Crippen LogP contribution >= 0.6 is 15.9 Å². The van der Waals surface area contributed by atoms with Crippen LogP contribution < -0.4 is 4.90 Å². The van der Waals surface area contributed by atoms with Gasteiger partial charge in [0.15, 0.2) is 0 Å². The summed E-state index contributed by atoms with van der Waals surface area (Å²) in [6.07, 6.45) is 2.60. The van der Waals surface area contributed by atoms with E-state index >= 15 is 0 Å². The van der Waals surface area contributed by atoms with Crippen LogP contribution in [0, 0.1) is 0 Å². The minimum Gasteiger partial charge on any atom is -0.396 e. The van der Waals surface area contributed by atoms with Gasteiger partial charge in [-0.15, -0.1) is 0 Å². The molecule has 3 nitrogen and oxygen atoms in total. The quantitative estimate of drug-likeness (QED) is 0.921. The molecule has 1 heterocycles. The zero-order valence-corrected chi connectivity index (χ0v) is 12.0. The molecule has 0 fully saturated rings. The number of rotatable bonds is 5. The van der Waals surface area contributed by atoms with Crippen molar-refractivity contribution in [2.24, 2.45) is 0 Å². The Morgan fingerprint density at radius 1 is 1.28 bits per heavy atom. The highest BCUT2D eigenvalue weighted by Gasteiger charge is 2.10. The van der Waals surface area contributed by atoms with Gasteiger partial charge in [0.2, 0.25) is 0 Å². The smallest absolute Gasteiger partial charge is 0.136 e. The Kier molecular flexibility index (Phi) is 4.55. The molecule has 0 bridgehead atoms. The standard InChI is InChI=1S/C14H17BrN2O/c1-2-17(9-4-10-18)14-12-5-3-6-13(15)11(12)7-8-16-14/h3,5-8,18H,2,4,9-10H2,1H3. The number of anilines is 1. The second kappa shape index (κ2) is 6.16. The third-order valence-electron chi connectivity index (χ3n) is 3.00. The molecular formula is C14H17BrN2O. The van der Waals surface area contributed by atoms with Gasteiger partial charge in [-0.3, -0.25) is 0 Å². The number of nitrogens with zero attached hydrogens (tertiary/aromatic N) is 2. The molecule has 18 heavy (non-hydrogen) atoms. The Morgan fingerprint density at radius 3 is 2.83 bits per heavy atom. The third kappa shape index (κ3) is 2.65. The van der Waals surface area contributed by atoms with Gasteiger partial charge in [-0.05, 0) is 25.5 Å². The molecule has 0 unspecified atom stereocenters. The van der Waals surface area contributed by atoms with E-state index in [1.807, 2.05) is 24.4 Å². The van der Waals surface area contributed by atoms with Crippen LogP contribution in [-0.4, -0.2) is 29.8 Å². The van der Waals surface area contributed by atoms with Gasteiger partial charge >= 0.3 is 0 Å². The first-order chi connectivity index (χ1) is 8.77. The molecule has 1 aromatic carbocycles. The van der Waals surface area contributed by atoms with E-state index in [9.17, 15) is 0 Å². The molecular weight excluding hydrogens is 292 g/mol. The fraction of sp³-hybridized carbons (Fsp3) is 0.357. The van der Waals surface area contributed by atoms with Crippen LogP contribution in [0.2, 0.25) is 0 Å². The summed E-state index contributed by atoms with van der Waals surface area (Å²) in [7, 11) is 0. The van der Waals surface area contributed by atoms with Crippen LogP contribution in [0.1, 0.15) is 13.3 Å². The molecule has 0 atom stereocenters. The van der Waals surface area contributed by atoms with Crippen molar-refractivity contribution < 1.29 is 5.11 Å². The Hall–Kier alpha value is -1.13. The molecule has 2 rings (SSSR count). The second-order valence-electron chi connectivity index (χ2n) is 4.13. The minimum absolute atomic E-state index is 0.213. The van der Waals surface area contributed by atoms with E-state index in [1.54, 1.807) is 0 Å². The highest BCUT2D eigenvalue weighted by Crippen LogP contribution is 2.29. The lowest BCUT2D eigenvalue weighted by atomic mass is 10.1. The number of halogens is 1. The summed E-state index contributed by atoms with van der Waals surface area (Å²) in [5.74, 6) is 0.991. The summed E-state index contributed by atoms with van der Waals surface area (Å²) in [5.41, 5.74) is 0. The molecule has 0 amide bonds. The third-order valence-corrected chi connectivity index (χ3v) is 3.69. The normalized spacial score (nSPS) is 10.8. The van der Waals surface area contributed by atoms with E-state index in [1.165, 1.54) is 5.39 Å².